The first-order valence-electron chi connectivity index (χ1n) is 7.17. The minimum Gasteiger partial charge on any atom is -0.388 e. The maximum atomic E-state index is 11.9. The molecule has 1 aromatic heterocycles. The van der Waals surface area contributed by atoms with E-state index in [-0.39, 0.29) is 12.3 Å². The molecule has 1 aliphatic carbocycles. The summed E-state index contributed by atoms with van der Waals surface area (Å²) in [6.45, 7) is 0. The van der Waals surface area contributed by atoms with Gasteiger partial charge in [-0.05, 0) is 30.5 Å². The number of rotatable bonds is 5. The number of aliphatic hydroxyl groups excluding tert-OH is 1. The van der Waals surface area contributed by atoms with Gasteiger partial charge in [0.1, 0.15) is 5.82 Å². The minimum atomic E-state index is -0.871. The first-order chi connectivity index (χ1) is 10.6. The molecule has 1 aromatic carbocycles. The van der Waals surface area contributed by atoms with Gasteiger partial charge in [0.15, 0.2) is 0 Å². The number of benzene rings is 1. The van der Waals surface area contributed by atoms with Crippen molar-refractivity contribution in [3.05, 3.63) is 53.1 Å². The summed E-state index contributed by atoms with van der Waals surface area (Å²) in [4.78, 5) is 20.4. The molecule has 0 spiro atoms. The molecule has 0 saturated heterocycles. The van der Waals surface area contributed by atoms with Crippen molar-refractivity contribution in [2.75, 3.05) is 5.32 Å². The van der Waals surface area contributed by atoms with Gasteiger partial charge < -0.3 is 10.4 Å². The largest absolute Gasteiger partial charge is 0.388 e. The summed E-state index contributed by atoms with van der Waals surface area (Å²) in [5.41, 5.74) is 1.19. The van der Waals surface area contributed by atoms with E-state index >= 15 is 0 Å². The highest BCUT2D eigenvalue weighted by Crippen LogP contribution is 2.37. The van der Waals surface area contributed by atoms with Crippen LogP contribution in [0.4, 0.5) is 5.69 Å². The predicted molar refractivity (Wildman–Crippen MR) is 83.7 cm³/mol. The Morgan fingerprint density at radius 3 is 2.50 bits per heavy atom. The van der Waals surface area contributed by atoms with Crippen LogP contribution in [0.5, 0.6) is 0 Å². The summed E-state index contributed by atoms with van der Waals surface area (Å²) in [5.74, 6) is 1.03. The van der Waals surface area contributed by atoms with Crippen molar-refractivity contribution in [2.45, 2.75) is 31.3 Å². The Kier molecular flexibility index (Phi) is 4.36. The molecule has 3 rings (SSSR count). The number of aromatic nitrogens is 2. The van der Waals surface area contributed by atoms with Gasteiger partial charge in [0.2, 0.25) is 5.91 Å². The maximum absolute atomic E-state index is 11.9. The Morgan fingerprint density at radius 1 is 1.27 bits per heavy atom. The lowest BCUT2D eigenvalue weighted by Gasteiger charge is -2.11. The fraction of sp³-hybridized carbons (Fsp3) is 0.312. The molecule has 1 saturated carbocycles. The van der Waals surface area contributed by atoms with Crippen molar-refractivity contribution in [2.24, 2.45) is 0 Å². The Bertz CT molecular complexity index is 654. The number of carbonyl (C=O) groups is 1. The van der Waals surface area contributed by atoms with Gasteiger partial charge in [-0.2, -0.15) is 0 Å². The topological polar surface area (TPSA) is 75.1 Å². The van der Waals surface area contributed by atoms with Crippen molar-refractivity contribution in [1.82, 2.24) is 9.97 Å². The van der Waals surface area contributed by atoms with Crippen LogP contribution in [0.2, 0.25) is 5.02 Å². The molecule has 1 unspecified atom stereocenters. The zero-order valence-corrected chi connectivity index (χ0v) is 12.6. The number of nitrogens with zero attached hydrogens (tertiary/aromatic N) is 2. The van der Waals surface area contributed by atoms with Gasteiger partial charge in [0, 0.05) is 10.9 Å². The lowest BCUT2D eigenvalue weighted by atomic mass is 10.1. The summed E-state index contributed by atoms with van der Waals surface area (Å²) < 4.78 is 0. The molecular weight excluding hydrogens is 302 g/mol. The molecular formula is C16H16ClN3O2. The zero-order chi connectivity index (χ0) is 15.5. The Hall–Kier alpha value is -1.98. The van der Waals surface area contributed by atoms with E-state index in [1.165, 1.54) is 0 Å². The standard InChI is InChI=1S/C16H16ClN3O2/c17-12-5-3-10(4-6-12)14(21)7-15(22)20-13-8-18-16(19-9-13)11-1-2-11/h3-6,8-9,11,14,21H,1-2,7H2,(H,20,22). The molecule has 0 radical (unpaired) electrons. The summed E-state index contributed by atoms with van der Waals surface area (Å²) in [5, 5.41) is 13.3. The molecule has 2 aromatic rings. The first-order valence-corrected chi connectivity index (χ1v) is 7.55. The van der Waals surface area contributed by atoms with Crippen molar-refractivity contribution in [3.8, 4) is 0 Å². The number of aliphatic hydroxyl groups is 1. The molecule has 0 aliphatic heterocycles. The first kappa shape index (κ1) is 14.9. The monoisotopic (exact) mass is 317 g/mol. The molecule has 1 fully saturated rings. The second-order valence-corrected chi connectivity index (χ2v) is 5.86. The van der Waals surface area contributed by atoms with Crippen LogP contribution in [0.25, 0.3) is 0 Å². The van der Waals surface area contributed by atoms with Crippen LogP contribution >= 0.6 is 11.6 Å². The number of hydrogen-bond acceptors (Lipinski definition) is 4. The van der Waals surface area contributed by atoms with E-state index in [1.807, 2.05) is 0 Å². The molecule has 114 valence electrons. The summed E-state index contributed by atoms with van der Waals surface area (Å²) in [6, 6.07) is 6.77. The second kappa shape index (κ2) is 6.42. The molecule has 1 amide bonds. The molecule has 0 bridgehead atoms. The van der Waals surface area contributed by atoms with E-state index in [0.29, 0.717) is 22.2 Å². The van der Waals surface area contributed by atoms with Crippen LogP contribution in [-0.4, -0.2) is 21.0 Å². The number of carbonyl (C=O) groups excluding carboxylic acids is 1. The van der Waals surface area contributed by atoms with Crippen LogP contribution in [0.15, 0.2) is 36.7 Å². The van der Waals surface area contributed by atoms with E-state index in [9.17, 15) is 9.90 Å². The van der Waals surface area contributed by atoms with Crippen molar-refractivity contribution < 1.29 is 9.90 Å². The molecule has 1 aliphatic rings. The Labute approximate surface area is 133 Å². The van der Waals surface area contributed by atoms with Crippen molar-refractivity contribution in [1.29, 1.82) is 0 Å². The van der Waals surface area contributed by atoms with Crippen molar-refractivity contribution in [3.63, 3.8) is 0 Å². The molecule has 22 heavy (non-hydrogen) atoms. The van der Waals surface area contributed by atoms with Crippen LogP contribution in [0.3, 0.4) is 0 Å². The summed E-state index contributed by atoms with van der Waals surface area (Å²) >= 11 is 5.79. The minimum absolute atomic E-state index is 0.0357. The van der Waals surface area contributed by atoms with Crippen LogP contribution < -0.4 is 5.32 Å². The number of nitrogens with one attached hydrogen (secondary N) is 1. The second-order valence-electron chi connectivity index (χ2n) is 5.42. The van der Waals surface area contributed by atoms with Gasteiger partial charge in [-0.15, -0.1) is 0 Å². The van der Waals surface area contributed by atoms with Gasteiger partial charge in [-0.3, -0.25) is 4.79 Å². The Balaban J connectivity index is 1.55. The third kappa shape index (κ3) is 3.81. The highest BCUT2D eigenvalue weighted by molar-refractivity contribution is 6.30. The number of amides is 1. The quantitative estimate of drug-likeness (QED) is 0.888. The fourth-order valence-electron chi connectivity index (χ4n) is 2.15. The summed E-state index contributed by atoms with van der Waals surface area (Å²) in [6.07, 6.45) is 4.58. The highest BCUT2D eigenvalue weighted by atomic mass is 35.5. The van der Waals surface area contributed by atoms with E-state index in [0.717, 1.165) is 18.7 Å². The van der Waals surface area contributed by atoms with Gasteiger partial charge in [0.25, 0.3) is 0 Å². The van der Waals surface area contributed by atoms with Crippen LogP contribution in [0.1, 0.15) is 42.7 Å². The van der Waals surface area contributed by atoms with Crippen LogP contribution in [-0.2, 0) is 4.79 Å². The fourth-order valence-corrected chi connectivity index (χ4v) is 2.27. The third-order valence-corrected chi connectivity index (χ3v) is 3.78. The molecule has 1 atom stereocenters. The average molecular weight is 318 g/mol. The van der Waals surface area contributed by atoms with E-state index in [4.69, 9.17) is 11.6 Å². The van der Waals surface area contributed by atoms with Crippen LogP contribution in [0, 0.1) is 0 Å². The smallest absolute Gasteiger partial charge is 0.227 e. The highest BCUT2D eigenvalue weighted by Gasteiger charge is 2.26. The number of halogens is 1. The summed E-state index contributed by atoms with van der Waals surface area (Å²) in [7, 11) is 0. The maximum Gasteiger partial charge on any atom is 0.227 e. The van der Waals surface area contributed by atoms with Gasteiger partial charge in [-0.1, -0.05) is 23.7 Å². The lowest BCUT2D eigenvalue weighted by molar-refractivity contribution is -0.118. The van der Waals surface area contributed by atoms with E-state index in [2.05, 4.69) is 15.3 Å². The third-order valence-electron chi connectivity index (χ3n) is 3.53. The lowest BCUT2D eigenvalue weighted by Crippen LogP contribution is -2.16. The molecule has 2 N–H and O–H groups in total. The molecule has 6 heteroatoms. The van der Waals surface area contributed by atoms with Crippen molar-refractivity contribution >= 4 is 23.2 Å². The average Bonchev–Trinajstić information content (AvgIpc) is 3.33. The van der Waals surface area contributed by atoms with Gasteiger partial charge in [0.05, 0.1) is 30.6 Å². The van der Waals surface area contributed by atoms with E-state index in [1.54, 1.807) is 36.7 Å². The van der Waals surface area contributed by atoms with Gasteiger partial charge in [-0.25, -0.2) is 9.97 Å². The SMILES string of the molecule is O=C(CC(O)c1ccc(Cl)cc1)Nc1cnc(C2CC2)nc1. The van der Waals surface area contributed by atoms with Gasteiger partial charge >= 0.3 is 0 Å². The number of anilines is 1. The molecule has 1 heterocycles. The predicted octanol–water partition coefficient (Wildman–Crippen LogP) is 3.07. The normalized spacial score (nSPS) is 15.4. The van der Waals surface area contributed by atoms with E-state index < -0.39 is 6.10 Å². The Morgan fingerprint density at radius 2 is 1.91 bits per heavy atom. The zero-order valence-electron chi connectivity index (χ0n) is 11.9. The number of hydrogen-bond donors (Lipinski definition) is 2. The molecule has 5 nitrogen and oxygen atoms in total.